The molecular formula is C13H12N3NaO2. The fraction of sp³-hybridized carbons (Fsp3) is 0.308. The monoisotopic (exact) mass is 265 g/mol. The van der Waals surface area contributed by atoms with Crippen molar-refractivity contribution in [2.75, 3.05) is 0 Å². The van der Waals surface area contributed by atoms with Crippen LogP contribution in [-0.4, -0.2) is 20.5 Å². The molecule has 3 rings (SSSR count). The Kier molecular flexibility index (Phi) is 4.08. The van der Waals surface area contributed by atoms with Crippen molar-refractivity contribution in [2.24, 2.45) is 0 Å². The Hall–Kier alpha value is -1.17. The molecule has 2 aromatic heterocycles. The maximum atomic E-state index is 10.8. The second-order valence-electron chi connectivity index (χ2n) is 4.41. The van der Waals surface area contributed by atoms with Gasteiger partial charge in [0.25, 0.3) is 0 Å². The first-order chi connectivity index (χ1) is 8.66. The average Bonchev–Trinajstić information content (AvgIpc) is 2.93. The molecule has 0 aliphatic carbocycles. The van der Waals surface area contributed by atoms with Crippen molar-refractivity contribution in [1.29, 1.82) is 0 Å². The average molecular weight is 265 g/mol. The molecule has 0 saturated heterocycles. The van der Waals surface area contributed by atoms with E-state index in [9.17, 15) is 9.90 Å². The van der Waals surface area contributed by atoms with E-state index in [1.54, 1.807) is 12.1 Å². The molecule has 6 heteroatoms. The van der Waals surface area contributed by atoms with Gasteiger partial charge in [-0.25, -0.2) is 9.97 Å². The van der Waals surface area contributed by atoms with Crippen LogP contribution in [0.4, 0.5) is 0 Å². The number of hydrogen-bond acceptors (Lipinski definition) is 4. The fourth-order valence-electron chi connectivity index (χ4n) is 2.40. The zero-order valence-corrected chi connectivity index (χ0v) is 13.0. The van der Waals surface area contributed by atoms with Gasteiger partial charge in [-0.3, -0.25) is 0 Å². The van der Waals surface area contributed by atoms with Crippen LogP contribution in [0.25, 0.3) is 11.4 Å². The van der Waals surface area contributed by atoms with E-state index in [0.717, 1.165) is 36.6 Å². The van der Waals surface area contributed by atoms with E-state index in [1.165, 1.54) is 6.07 Å². The number of carboxylic acid groups (broad SMARTS) is 1. The van der Waals surface area contributed by atoms with Crippen LogP contribution in [0.15, 0.2) is 18.2 Å². The van der Waals surface area contributed by atoms with Crippen LogP contribution < -0.4 is 34.7 Å². The molecule has 0 N–H and O–H groups in total. The summed E-state index contributed by atoms with van der Waals surface area (Å²) in [4.78, 5) is 19.4. The molecule has 3 heterocycles. The number of hydrogen-bond donors (Lipinski definition) is 0. The molecule has 0 saturated carbocycles. The molecule has 0 fully saturated rings. The van der Waals surface area contributed by atoms with E-state index in [4.69, 9.17) is 0 Å². The van der Waals surface area contributed by atoms with Gasteiger partial charge in [-0.05, 0) is 25.5 Å². The zero-order valence-electron chi connectivity index (χ0n) is 11.0. The molecule has 19 heavy (non-hydrogen) atoms. The number of fused-ring (bicyclic) bond motifs is 1. The predicted octanol–water partition coefficient (Wildman–Crippen LogP) is -2.43. The summed E-state index contributed by atoms with van der Waals surface area (Å²) in [6, 6.07) is 4.87. The molecular weight excluding hydrogens is 253 g/mol. The van der Waals surface area contributed by atoms with Gasteiger partial charge in [-0.1, -0.05) is 6.07 Å². The standard InChI is InChI=1S/C13H13N3O2.Na/c1-8-12(15-11-6-3-7-16(8)11)9-4-2-5-10(14-9)13(17)18;/h2,4-5H,3,6-7H2,1H3,(H,17,18);/q;+1/p-1. The first kappa shape index (κ1) is 14.2. The first-order valence-corrected chi connectivity index (χ1v) is 5.91. The third-order valence-electron chi connectivity index (χ3n) is 3.28. The number of carbonyl (C=O) groups is 1. The van der Waals surface area contributed by atoms with Crippen molar-refractivity contribution in [2.45, 2.75) is 26.3 Å². The smallest absolute Gasteiger partial charge is 0.543 e. The van der Waals surface area contributed by atoms with Gasteiger partial charge in [0.15, 0.2) is 0 Å². The van der Waals surface area contributed by atoms with Gasteiger partial charge in [0, 0.05) is 18.7 Å². The number of pyridine rings is 1. The Morgan fingerprint density at radius 3 is 2.84 bits per heavy atom. The molecule has 0 aromatic carbocycles. The van der Waals surface area contributed by atoms with Crippen molar-refractivity contribution >= 4 is 5.97 Å². The van der Waals surface area contributed by atoms with Gasteiger partial charge >= 0.3 is 29.6 Å². The Labute approximate surface area is 133 Å². The van der Waals surface area contributed by atoms with Crippen molar-refractivity contribution in [3.05, 3.63) is 35.4 Å². The number of aryl methyl sites for hydroxylation is 1. The molecule has 0 amide bonds. The summed E-state index contributed by atoms with van der Waals surface area (Å²) in [6.07, 6.45) is 2.09. The Bertz CT molecular complexity index is 637. The molecule has 0 atom stereocenters. The van der Waals surface area contributed by atoms with Gasteiger partial charge < -0.3 is 14.5 Å². The van der Waals surface area contributed by atoms with Gasteiger partial charge in [0.05, 0.1) is 17.4 Å². The number of aromatic nitrogens is 3. The SMILES string of the molecule is Cc1c(-c2cccc(C(=O)[O-])n2)nc2n1CCC2.[Na+]. The fourth-order valence-corrected chi connectivity index (χ4v) is 2.40. The van der Waals surface area contributed by atoms with Crippen LogP contribution in [0.1, 0.15) is 28.4 Å². The third-order valence-corrected chi connectivity index (χ3v) is 3.28. The van der Waals surface area contributed by atoms with E-state index in [2.05, 4.69) is 14.5 Å². The molecule has 1 aliphatic heterocycles. The minimum absolute atomic E-state index is 0. The summed E-state index contributed by atoms with van der Waals surface area (Å²) in [5.41, 5.74) is 2.36. The summed E-state index contributed by atoms with van der Waals surface area (Å²) in [6.45, 7) is 2.97. The zero-order chi connectivity index (χ0) is 12.7. The Morgan fingerprint density at radius 1 is 1.37 bits per heavy atom. The van der Waals surface area contributed by atoms with Gasteiger partial charge in [0.1, 0.15) is 11.5 Å². The van der Waals surface area contributed by atoms with Crippen molar-refractivity contribution in [3.8, 4) is 11.4 Å². The topological polar surface area (TPSA) is 70.8 Å². The number of imidazole rings is 1. The van der Waals surface area contributed by atoms with E-state index in [0.29, 0.717) is 5.69 Å². The number of rotatable bonds is 2. The van der Waals surface area contributed by atoms with Gasteiger partial charge in [-0.2, -0.15) is 0 Å². The molecule has 0 unspecified atom stereocenters. The van der Waals surface area contributed by atoms with Crippen LogP contribution in [-0.2, 0) is 13.0 Å². The number of carboxylic acids is 1. The van der Waals surface area contributed by atoms with E-state index in [-0.39, 0.29) is 35.3 Å². The van der Waals surface area contributed by atoms with Crippen molar-refractivity contribution in [3.63, 3.8) is 0 Å². The Balaban J connectivity index is 0.00000133. The minimum atomic E-state index is -1.26. The molecule has 92 valence electrons. The summed E-state index contributed by atoms with van der Waals surface area (Å²) in [7, 11) is 0. The second kappa shape index (κ2) is 5.45. The normalized spacial score (nSPS) is 12.9. The summed E-state index contributed by atoms with van der Waals surface area (Å²) < 4.78 is 2.17. The van der Waals surface area contributed by atoms with Crippen LogP contribution >= 0.6 is 0 Å². The van der Waals surface area contributed by atoms with Crippen LogP contribution in [0.5, 0.6) is 0 Å². The quantitative estimate of drug-likeness (QED) is 0.566. The molecule has 5 nitrogen and oxygen atoms in total. The predicted molar refractivity (Wildman–Crippen MR) is 62.8 cm³/mol. The molecule has 0 bridgehead atoms. The van der Waals surface area contributed by atoms with Gasteiger partial charge in [0.2, 0.25) is 0 Å². The number of carbonyl (C=O) groups excluding carboxylic acids is 1. The van der Waals surface area contributed by atoms with E-state index >= 15 is 0 Å². The number of nitrogens with zero attached hydrogens (tertiary/aromatic N) is 3. The molecule has 1 aliphatic rings. The van der Waals surface area contributed by atoms with Crippen LogP contribution in [0.3, 0.4) is 0 Å². The van der Waals surface area contributed by atoms with Crippen molar-refractivity contribution in [1.82, 2.24) is 14.5 Å². The van der Waals surface area contributed by atoms with Gasteiger partial charge in [-0.15, -0.1) is 0 Å². The van der Waals surface area contributed by atoms with E-state index in [1.807, 2.05) is 6.92 Å². The van der Waals surface area contributed by atoms with E-state index < -0.39 is 5.97 Å². The summed E-state index contributed by atoms with van der Waals surface area (Å²) >= 11 is 0. The maximum Gasteiger partial charge on any atom is 1.00 e. The summed E-state index contributed by atoms with van der Waals surface area (Å²) in [5, 5.41) is 10.8. The van der Waals surface area contributed by atoms with Crippen LogP contribution in [0, 0.1) is 6.92 Å². The van der Waals surface area contributed by atoms with Crippen molar-refractivity contribution < 1.29 is 39.5 Å². The summed E-state index contributed by atoms with van der Waals surface area (Å²) in [5.74, 6) is -0.204. The molecule has 0 spiro atoms. The Morgan fingerprint density at radius 2 is 2.16 bits per heavy atom. The first-order valence-electron chi connectivity index (χ1n) is 5.91. The molecule has 2 aromatic rings. The molecule has 0 radical (unpaired) electrons. The minimum Gasteiger partial charge on any atom is -0.543 e. The second-order valence-corrected chi connectivity index (χ2v) is 4.41. The number of aromatic carboxylic acids is 1. The van der Waals surface area contributed by atoms with Crippen LogP contribution in [0.2, 0.25) is 0 Å². The largest absolute Gasteiger partial charge is 1.00 e. The third kappa shape index (κ3) is 2.45. The maximum absolute atomic E-state index is 10.8.